The van der Waals surface area contributed by atoms with E-state index in [0.29, 0.717) is 11.3 Å². The molecular formula is C18H11F3N2O5. The van der Waals surface area contributed by atoms with Crippen molar-refractivity contribution in [2.45, 2.75) is 6.36 Å². The molecule has 0 aliphatic heterocycles. The van der Waals surface area contributed by atoms with Gasteiger partial charge in [0.15, 0.2) is 5.76 Å². The minimum Gasteiger partial charge on any atom is -0.451 e. The van der Waals surface area contributed by atoms with Crippen LogP contribution in [0.4, 0.5) is 24.5 Å². The average molecular weight is 392 g/mol. The molecule has 10 heteroatoms. The molecule has 0 saturated carbocycles. The lowest BCUT2D eigenvalue weighted by Gasteiger charge is -2.09. The lowest BCUT2D eigenvalue weighted by atomic mass is 10.1. The van der Waals surface area contributed by atoms with Gasteiger partial charge in [0.2, 0.25) is 0 Å². The van der Waals surface area contributed by atoms with Gasteiger partial charge in [-0.3, -0.25) is 14.9 Å². The number of nitrogens with zero attached hydrogens (tertiary/aromatic N) is 1. The lowest BCUT2D eigenvalue weighted by molar-refractivity contribution is -0.384. The summed E-state index contributed by atoms with van der Waals surface area (Å²) in [6.45, 7) is 0. The number of amides is 1. The van der Waals surface area contributed by atoms with Gasteiger partial charge in [-0.05, 0) is 48.5 Å². The SMILES string of the molecule is O=C(Nc1ccc(OC(F)(F)F)cc1)c1ccc(-c2ccc([N+](=O)[O-])cc2)o1. The third-order valence-electron chi connectivity index (χ3n) is 3.54. The molecule has 0 aliphatic rings. The number of furan rings is 1. The van der Waals surface area contributed by atoms with Crippen molar-refractivity contribution in [3.05, 3.63) is 76.5 Å². The van der Waals surface area contributed by atoms with E-state index in [9.17, 15) is 28.1 Å². The van der Waals surface area contributed by atoms with E-state index in [2.05, 4.69) is 10.1 Å². The third kappa shape index (κ3) is 4.67. The molecule has 1 amide bonds. The van der Waals surface area contributed by atoms with Crippen molar-refractivity contribution in [2.75, 3.05) is 5.32 Å². The highest BCUT2D eigenvalue weighted by molar-refractivity contribution is 6.02. The van der Waals surface area contributed by atoms with Crippen LogP contribution in [0, 0.1) is 10.1 Å². The van der Waals surface area contributed by atoms with E-state index in [1.165, 1.54) is 48.5 Å². The summed E-state index contributed by atoms with van der Waals surface area (Å²) < 4.78 is 45.6. The predicted octanol–water partition coefficient (Wildman–Crippen LogP) is 5.01. The van der Waals surface area contributed by atoms with Gasteiger partial charge in [-0.25, -0.2) is 0 Å². The average Bonchev–Trinajstić information content (AvgIpc) is 3.12. The number of ether oxygens (including phenoxy) is 1. The zero-order chi connectivity index (χ0) is 20.3. The summed E-state index contributed by atoms with van der Waals surface area (Å²) in [5.41, 5.74) is 0.706. The number of non-ortho nitro benzene ring substituents is 1. The molecule has 0 radical (unpaired) electrons. The number of alkyl halides is 3. The van der Waals surface area contributed by atoms with Crippen LogP contribution in [0.5, 0.6) is 5.75 Å². The van der Waals surface area contributed by atoms with E-state index < -0.39 is 22.9 Å². The van der Waals surface area contributed by atoms with Gasteiger partial charge in [0, 0.05) is 23.4 Å². The highest BCUT2D eigenvalue weighted by Crippen LogP contribution is 2.26. The number of anilines is 1. The molecule has 3 aromatic rings. The summed E-state index contributed by atoms with van der Waals surface area (Å²) in [5.74, 6) is -0.737. The standard InChI is InChI=1S/C18H11F3N2O5/c19-18(20,21)28-14-7-3-12(4-8-14)22-17(24)16-10-9-15(27-16)11-1-5-13(6-2-11)23(25)26/h1-10H,(H,22,24). The Morgan fingerprint density at radius 3 is 2.21 bits per heavy atom. The highest BCUT2D eigenvalue weighted by atomic mass is 19.4. The van der Waals surface area contributed by atoms with Crippen LogP contribution in [0.3, 0.4) is 0 Å². The van der Waals surface area contributed by atoms with E-state index in [-0.39, 0.29) is 17.1 Å². The van der Waals surface area contributed by atoms with Gasteiger partial charge in [-0.1, -0.05) is 0 Å². The van der Waals surface area contributed by atoms with Crippen LogP contribution in [0.2, 0.25) is 0 Å². The van der Waals surface area contributed by atoms with E-state index in [1.807, 2.05) is 0 Å². The summed E-state index contributed by atoms with van der Waals surface area (Å²) in [6.07, 6.45) is -4.80. The summed E-state index contributed by atoms with van der Waals surface area (Å²) in [4.78, 5) is 22.3. The third-order valence-corrected chi connectivity index (χ3v) is 3.54. The smallest absolute Gasteiger partial charge is 0.451 e. The van der Waals surface area contributed by atoms with E-state index >= 15 is 0 Å². The first-order chi connectivity index (χ1) is 13.2. The second-order valence-electron chi connectivity index (χ2n) is 5.49. The first kappa shape index (κ1) is 19.0. The molecule has 0 unspecified atom stereocenters. The summed E-state index contributed by atoms with van der Waals surface area (Å²) in [7, 11) is 0. The van der Waals surface area contributed by atoms with Crippen LogP contribution >= 0.6 is 0 Å². The molecule has 2 aromatic carbocycles. The number of halogens is 3. The van der Waals surface area contributed by atoms with Crippen LogP contribution in [0.25, 0.3) is 11.3 Å². The van der Waals surface area contributed by atoms with Gasteiger partial charge in [0.25, 0.3) is 11.6 Å². The number of hydrogen-bond acceptors (Lipinski definition) is 5. The van der Waals surface area contributed by atoms with Gasteiger partial charge in [-0.2, -0.15) is 0 Å². The highest BCUT2D eigenvalue weighted by Gasteiger charge is 2.31. The molecule has 0 fully saturated rings. The van der Waals surface area contributed by atoms with Crippen LogP contribution in [-0.4, -0.2) is 17.2 Å². The maximum atomic E-state index is 12.2. The minimum atomic E-state index is -4.80. The number of carbonyl (C=O) groups is 1. The van der Waals surface area contributed by atoms with Crippen molar-refractivity contribution in [3.63, 3.8) is 0 Å². The zero-order valence-electron chi connectivity index (χ0n) is 13.9. The molecular weight excluding hydrogens is 381 g/mol. The van der Waals surface area contributed by atoms with E-state index in [1.54, 1.807) is 0 Å². The van der Waals surface area contributed by atoms with Gasteiger partial charge >= 0.3 is 6.36 Å². The largest absolute Gasteiger partial charge is 0.573 e. The van der Waals surface area contributed by atoms with Crippen LogP contribution in [0.15, 0.2) is 65.1 Å². The summed E-state index contributed by atoms with van der Waals surface area (Å²) >= 11 is 0. The molecule has 1 heterocycles. The molecule has 0 spiro atoms. The monoisotopic (exact) mass is 392 g/mol. The van der Waals surface area contributed by atoms with Crippen LogP contribution in [-0.2, 0) is 0 Å². The fourth-order valence-corrected chi connectivity index (χ4v) is 2.30. The van der Waals surface area contributed by atoms with Crippen LogP contribution < -0.4 is 10.1 Å². The van der Waals surface area contributed by atoms with Crippen molar-refractivity contribution in [1.82, 2.24) is 0 Å². The number of nitro benzene ring substituents is 1. The number of carbonyl (C=O) groups excluding carboxylic acids is 1. The van der Waals surface area contributed by atoms with Crippen molar-refractivity contribution in [2.24, 2.45) is 0 Å². The Hall–Kier alpha value is -3.82. The van der Waals surface area contributed by atoms with Gasteiger partial charge in [0.05, 0.1) is 4.92 Å². The Bertz CT molecular complexity index is 995. The van der Waals surface area contributed by atoms with E-state index in [0.717, 1.165) is 12.1 Å². The van der Waals surface area contributed by atoms with E-state index in [4.69, 9.17) is 4.42 Å². The first-order valence-electron chi connectivity index (χ1n) is 7.73. The molecule has 7 nitrogen and oxygen atoms in total. The number of hydrogen-bond donors (Lipinski definition) is 1. The predicted molar refractivity (Wildman–Crippen MR) is 91.9 cm³/mol. The van der Waals surface area contributed by atoms with Gasteiger partial charge < -0.3 is 14.5 Å². The van der Waals surface area contributed by atoms with Crippen molar-refractivity contribution in [3.8, 4) is 17.1 Å². The number of nitrogens with one attached hydrogen (secondary N) is 1. The normalized spacial score (nSPS) is 11.1. The molecule has 144 valence electrons. The van der Waals surface area contributed by atoms with Gasteiger partial charge in [-0.15, -0.1) is 13.2 Å². The zero-order valence-corrected chi connectivity index (χ0v) is 13.9. The topological polar surface area (TPSA) is 94.6 Å². The van der Waals surface area contributed by atoms with Crippen molar-refractivity contribution in [1.29, 1.82) is 0 Å². The molecule has 3 rings (SSSR count). The fraction of sp³-hybridized carbons (Fsp3) is 0.0556. The second kappa shape index (κ2) is 7.43. The first-order valence-corrected chi connectivity index (χ1v) is 7.73. The Morgan fingerprint density at radius 1 is 1.00 bits per heavy atom. The Kier molecular flexibility index (Phi) is 5.03. The molecule has 0 bridgehead atoms. The summed E-state index contributed by atoms with van der Waals surface area (Å²) in [6, 6.07) is 13.1. The quantitative estimate of drug-likeness (QED) is 0.487. The lowest BCUT2D eigenvalue weighted by Crippen LogP contribution is -2.17. The van der Waals surface area contributed by atoms with Crippen molar-refractivity contribution < 1.29 is 32.0 Å². The fourth-order valence-electron chi connectivity index (χ4n) is 2.30. The van der Waals surface area contributed by atoms with Crippen LogP contribution in [0.1, 0.15) is 10.6 Å². The summed E-state index contributed by atoms with van der Waals surface area (Å²) in [5, 5.41) is 13.1. The number of benzene rings is 2. The molecule has 28 heavy (non-hydrogen) atoms. The van der Waals surface area contributed by atoms with Crippen molar-refractivity contribution >= 4 is 17.3 Å². The molecule has 0 aliphatic carbocycles. The maximum Gasteiger partial charge on any atom is 0.573 e. The Balaban J connectivity index is 1.68. The molecule has 0 atom stereocenters. The maximum absolute atomic E-state index is 12.2. The Labute approximate surface area is 155 Å². The Morgan fingerprint density at radius 2 is 1.64 bits per heavy atom. The molecule has 1 aromatic heterocycles. The molecule has 0 saturated heterocycles. The molecule has 1 N–H and O–H groups in total. The number of rotatable bonds is 5. The second-order valence-corrected chi connectivity index (χ2v) is 5.49. The van der Waals surface area contributed by atoms with Gasteiger partial charge in [0.1, 0.15) is 11.5 Å². The number of nitro groups is 1. The minimum absolute atomic E-state index is 0.0380.